The van der Waals surface area contributed by atoms with Crippen LogP contribution in [0.15, 0.2) is 36.7 Å². The number of carbonyl (C=O) groups is 4. The third-order valence-corrected chi connectivity index (χ3v) is 8.05. The minimum Gasteiger partial charge on any atom is -0.467 e. The zero-order chi connectivity index (χ0) is 40.1. The maximum atomic E-state index is 12.8. The van der Waals surface area contributed by atoms with Gasteiger partial charge in [0.25, 0.3) is 0 Å². The van der Waals surface area contributed by atoms with Crippen molar-refractivity contribution < 1.29 is 64.8 Å². The second-order valence-corrected chi connectivity index (χ2v) is 14.7. The Labute approximate surface area is 302 Å². The number of halogens is 6. The van der Waals surface area contributed by atoms with Gasteiger partial charge in [0, 0.05) is 24.9 Å². The molecule has 1 N–H and O–H groups in total. The topological polar surface area (TPSA) is 148 Å². The van der Waals surface area contributed by atoms with E-state index in [4.69, 9.17) is 9.47 Å². The molecule has 294 valence electrons. The fourth-order valence-electron chi connectivity index (χ4n) is 5.87. The van der Waals surface area contributed by atoms with Crippen LogP contribution in [-0.2, 0) is 49.0 Å². The first-order valence-corrected chi connectivity index (χ1v) is 16.6. The van der Waals surface area contributed by atoms with Crippen LogP contribution in [0.3, 0.4) is 0 Å². The first kappa shape index (κ1) is 42.9. The number of aliphatic hydroxyl groups is 1. The van der Waals surface area contributed by atoms with Gasteiger partial charge in [-0.3, -0.25) is 14.8 Å². The molecule has 12 nitrogen and oxygen atoms in total. The molecule has 4 rings (SSSR count). The summed E-state index contributed by atoms with van der Waals surface area (Å²) in [6.07, 6.45) is -7.74. The molecule has 0 bridgehead atoms. The van der Waals surface area contributed by atoms with Gasteiger partial charge in [0.2, 0.25) is 5.91 Å². The summed E-state index contributed by atoms with van der Waals surface area (Å²) in [4.78, 5) is 58.2. The summed E-state index contributed by atoms with van der Waals surface area (Å²) < 4.78 is 92.0. The number of amides is 3. The molecule has 2 aliphatic rings. The highest BCUT2D eigenvalue weighted by molar-refractivity contribution is 6.00. The molecule has 0 aromatic carbocycles. The number of nitrogens with zero attached hydrogens (tertiary/aromatic N) is 4. The first-order chi connectivity index (χ1) is 24.3. The molecular weight excluding hydrogens is 718 g/mol. The number of rotatable bonds is 6. The number of alkyl halides is 6. The average molecular weight is 763 g/mol. The largest absolute Gasteiger partial charge is 0.467 e. The number of pyridine rings is 2. The van der Waals surface area contributed by atoms with Crippen molar-refractivity contribution in [3.8, 4) is 0 Å². The molecule has 4 heterocycles. The van der Waals surface area contributed by atoms with Crippen LogP contribution in [0.25, 0.3) is 0 Å². The Bertz CT molecular complexity index is 1620. The number of aromatic nitrogens is 2. The molecule has 0 saturated carbocycles. The minimum atomic E-state index is -4.62. The van der Waals surface area contributed by atoms with Gasteiger partial charge in [0.1, 0.15) is 28.6 Å². The van der Waals surface area contributed by atoms with E-state index in [0.29, 0.717) is 29.8 Å². The van der Waals surface area contributed by atoms with E-state index in [1.807, 2.05) is 0 Å². The Morgan fingerprint density at radius 1 is 0.811 bits per heavy atom. The van der Waals surface area contributed by atoms with Crippen molar-refractivity contribution >= 4 is 24.1 Å². The molecular formula is C35H44F6N4O8. The summed E-state index contributed by atoms with van der Waals surface area (Å²) in [6, 6.07) is 3.19. The predicted molar refractivity (Wildman–Crippen MR) is 175 cm³/mol. The van der Waals surface area contributed by atoms with E-state index >= 15 is 0 Å². The third kappa shape index (κ3) is 12.3. The van der Waals surface area contributed by atoms with Crippen LogP contribution in [0.4, 0.5) is 35.9 Å². The molecule has 2 fully saturated rings. The highest BCUT2D eigenvalue weighted by Crippen LogP contribution is 2.33. The van der Waals surface area contributed by atoms with Gasteiger partial charge in [0.15, 0.2) is 0 Å². The summed E-state index contributed by atoms with van der Waals surface area (Å²) in [5.41, 5.74) is -2.83. The van der Waals surface area contributed by atoms with Gasteiger partial charge in [-0.1, -0.05) is 0 Å². The van der Waals surface area contributed by atoms with E-state index < -0.39 is 71.0 Å². The molecule has 2 aromatic heterocycles. The molecule has 4 atom stereocenters. The number of carbonyl (C=O) groups excluding carboxylic acids is 4. The molecule has 2 aromatic rings. The van der Waals surface area contributed by atoms with Gasteiger partial charge < -0.3 is 24.2 Å². The molecule has 2 aliphatic heterocycles. The molecule has 0 unspecified atom stereocenters. The Kier molecular flexibility index (Phi) is 13.5. The molecule has 0 aliphatic carbocycles. The van der Waals surface area contributed by atoms with E-state index in [0.717, 1.165) is 31.6 Å². The molecule has 0 radical (unpaired) electrons. The lowest BCUT2D eigenvalue weighted by molar-refractivity contribution is -0.148. The summed E-state index contributed by atoms with van der Waals surface area (Å²) in [5, 5.41) is 9.51. The van der Waals surface area contributed by atoms with Crippen LogP contribution >= 0.6 is 0 Å². The SMILES string of the molecule is CC(C)(C)OC(=O)N1C[C@H](Cc2ccnc(C(F)(F)F)c2)C[C@H]1CO.COC(=O)[C@@H]1C[C@@H](Cc2ccnc(C(F)(F)F)c2)C(=O)N1C(=O)OC(C)(C)C. The first-order valence-electron chi connectivity index (χ1n) is 16.6. The Balaban J connectivity index is 0.000000287. The lowest BCUT2D eigenvalue weighted by atomic mass is 9.96. The zero-order valence-corrected chi connectivity index (χ0v) is 30.4. The third-order valence-electron chi connectivity index (χ3n) is 8.05. The van der Waals surface area contributed by atoms with E-state index in [9.17, 15) is 50.6 Å². The number of hydrogen-bond acceptors (Lipinski definition) is 10. The Hall–Kier alpha value is -4.48. The van der Waals surface area contributed by atoms with E-state index in [2.05, 4.69) is 14.7 Å². The monoisotopic (exact) mass is 762 g/mol. The zero-order valence-electron chi connectivity index (χ0n) is 30.4. The van der Waals surface area contributed by atoms with Crippen molar-refractivity contribution in [2.45, 2.75) is 103 Å². The average Bonchev–Trinajstić information content (AvgIpc) is 3.59. The standard InChI is InChI=1S/C18H21F3N2O5.C17H23F3N2O3/c1-17(2,3)28-16(26)23-12(15(25)27-4)9-11(14(23)24)7-10-5-6-22-13(8-10)18(19,20)21;1-16(2,3)25-15(24)22-9-12(7-13(22)10-23)6-11-4-5-21-14(8-11)17(18,19)20/h5-6,8,11-12H,7,9H2,1-4H3;4-5,8,12-13,23H,6-7,9-10H2,1-3H3/t11-,12+;12-,13+/m11/s1. The van der Waals surface area contributed by atoms with Crippen molar-refractivity contribution in [2.24, 2.45) is 11.8 Å². The fourth-order valence-corrected chi connectivity index (χ4v) is 5.87. The molecule has 0 spiro atoms. The van der Waals surface area contributed by atoms with Gasteiger partial charge >= 0.3 is 30.5 Å². The summed E-state index contributed by atoms with van der Waals surface area (Å²) in [6.45, 7) is 10.2. The van der Waals surface area contributed by atoms with E-state index in [1.54, 1.807) is 47.6 Å². The van der Waals surface area contributed by atoms with Crippen molar-refractivity contribution in [3.63, 3.8) is 0 Å². The second-order valence-electron chi connectivity index (χ2n) is 14.7. The van der Waals surface area contributed by atoms with Crippen molar-refractivity contribution in [3.05, 3.63) is 59.2 Å². The van der Waals surface area contributed by atoms with Crippen molar-refractivity contribution in [2.75, 3.05) is 20.3 Å². The van der Waals surface area contributed by atoms with Crippen molar-refractivity contribution in [1.82, 2.24) is 19.8 Å². The van der Waals surface area contributed by atoms with Crippen LogP contribution < -0.4 is 0 Å². The van der Waals surface area contributed by atoms with Gasteiger partial charge in [-0.25, -0.2) is 19.3 Å². The Morgan fingerprint density at radius 2 is 1.30 bits per heavy atom. The lowest BCUT2D eigenvalue weighted by Crippen LogP contribution is -2.46. The maximum Gasteiger partial charge on any atom is 0.433 e. The highest BCUT2D eigenvalue weighted by Gasteiger charge is 2.49. The smallest absolute Gasteiger partial charge is 0.433 e. The number of ether oxygens (including phenoxy) is 3. The lowest BCUT2D eigenvalue weighted by Gasteiger charge is -2.27. The molecule has 3 amide bonds. The molecule has 53 heavy (non-hydrogen) atoms. The van der Waals surface area contributed by atoms with Gasteiger partial charge in [-0.15, -0.1) is 0 Å². The summed E-state index contributed by atoms with van der Waals surface area (Å²) in [5.74, 6) is -2.42. The molecule has 2 saturated heterocycles. The van der Waals surface area contributed by atoms with Crippen molar-refractivity contribution in [1.29, 1.82) is 0 Å². The highest BCUT2D eigenvalue weighted by atomic mass is 19.4. The quantitative estimate of drug-likeness (QED) is 0.204. The van der Waals surface area contributed by atoms with Gasteiger partial charge in [0.05, 0.1) is 19.8 Å². The maximum absolute atomic E-state index is 12.8. The minimum absolute atomic E-state index is 0.0480. The number of hydrogen-bond donors (Lipinski definition) is 1. The number of likely N-dealkylation sites (tertiary alicyclic amines) is 2. The van der Waals surface area contributed by atoms with Crippen LogP contribution in [0.2, 0.25) is 0 Å². The normalized spacial score (nSPS) is 20.8. The van der Waals surface area contributed by atoms with Crippen LogP contribution in [0.5, 0.6) is 0 Å². The van der Waals surface area contributed by atoms with Crippen LogP contribution in [0, 0.1) is 11.8 Å². The van der Waals surface area contributed by atoms with E-state index in [-0.39, 0.29) is 37.0 Å². The number of esters is 1. The van der Waals surface area contributed by atoms with E-state index in [1.165, 1.54) is 11.0 Å². The fraction of sp³-hybridized carbons (Fsp3) is 0.600. The number of methoxy groups -OCH3 is 1. The molecule has 18 heteroatoms. The van der Waals surface area contributed by atoms with Crippen LogP contribution in [0.1, 0.15) is 76.9 Å². The second kappa shape index (κ2) is 16.7. The van der Waals surface area contributed by atoms with Gasteiger partial charge in [-0.05, 0) is 109 Å². The van der Waals surface area contributed by atoms with Crippen LogP contribution in [-0.4, -0.2) is 92.5 Å². The number of aliphatic hydroxyl groups excluding tert-OH is 1. The summed E-state index contributed by atoms with van der Waals surface area (Å²) >= 11 is 0. The number of imide groups is 1. The predicted octanol–water partition coefficient (Wildman–Crippen LogP) is 6.23. The van der Waals surface area contributed by atoms with Gasteiger partial charge in [-0.2, -0.15) is 26.3 Å². The Morgan fingerprint density at radius 3 is 1.75 bits per heavy atom. The summed E-state index contributed by atoms with van der Waals surface area (Å²) in [7, 11) is 1.12.